The fourth-order valence-electron chi connectivity index (χ4n) is 5.75. The SMILES string of the molecule is CCCCCCCCCCOc1ccc(-c2ccc(OC(=O)C3CCC(C#N)(CCCCCCC)CC3)nn2)cc1. The van der Waals surface area contributed by atoms with E-state index in [0.29, 0.717) is 12.8 Å². The van der Waals surface area contributed by atoms with Crippen LogP contribution in [0.15, 0.2) is 36.4 Å². The topological polar surface area (TPSA) is 85.1 Å². The Morgan fingerprint density at radius 1 is 0.829 bits per heavy atom. The van der Waals surface area contributed by atoms with Crippen molar-refractivity contribution in [2.24, 2.45) is 11.3 Å². The summed E-state index contributed by atoms with van der Waals surface area (Å²) in [6.45, 7) is 5.21. The highest BCUT2D eigenvalue weighted by molar-refractivity contribution is 5.75. The van der Waals surface area contributed by atoms with Crippen LogP contribution in [0.1, 0.15) is 129 Å². The molecular weight excluding hydrogens is 510 g/mol. The van der Waals surface area contributed by atoms with Crippen LogP contribution in [0, 0.1) is 22.7 Å². The molecule has 0 atom stereocenters. The minimum atomic E-state index is -0.279. The Hall–Kier alpha value is -2.94. The largest absolute Gasteiger partial charge is 0.494 e. The van der Waals surface area contributed by atoms with E-state index in [9.17, 15) is 10.1 Å². The first-order valence-electron chi connectivity index (χ1n) is 16.3. The van der Waals surface area contributed by atoms with E-state index in [1.807, 2.05) is 30.3 Å². The number of carbonyl (C=O) groups is 1. The highest BCUT2D eigenvalue weighted by atomic mass is 16.5. The van der Waals surface area contributed by atoms with Gasteiger partial charge in [-0.1, -0.05) is 90.9 Å². The summed E-state index contributed by atoms with van der Waals surface area (Å²) in [5.41, 5.74) is 1.37. The Balaban J connectivity index is 1.37. The van der Waals surface area contributed by atoms with Crippen LogP contribution in [0.3, 0.4) is 0 Å². The van der Waals surface area contributed by atoms with Gasteiger partial charge in [0.15, 0.2) is 0 Å². The Morgan fingerprint density at radius 3 is 2.02 bits per heavy atom. The second kappa shape index (κ2) is 18.5. The first-order valence-corrected chi connectivity index (χ1v) is 16.3. The summed E-state index contributed by atoms with van der Waals surface area (Å²) in [4.78, 5) is 12.8. The maximum Gasteiger partial charge on any atom is 0.315 e. The molecule has 6 nitrogen and oxygen atoms in total. The van der Waals surface area contributed by atoms with Gasteiger partial charge in [-0.3, -0.25) is 4.79 Å². The highest BCUT2D eigenvalue weighted by Gasteiger charge is 2.38. The van der Waals surface area contributed by atoms with Gasteiger partial charge in [0.25, 0.3) is 0 Å². The smallest absolute Gasteiger partial charge is 0.315 e. The number of esters is 1. The number of ether oxygens (including phenoxy) is 2. The van der Waals surface area contributed by atoms with Crippen LogP contribution in [0.2, 0.25) is 0 Å². The number of rotatable bonds is 19. The van der Waals surface area contributed by atoms with Crippen molar-refractivity contribution in [2.75, 3.05) is 6.61 Å². The lowest BCUT2D eigenvalue weighted by molar-refractivity contribution is -0.141. The number of unbranched alkanes of at least 4 members (excludes halogenated alkanes) is 11. The van der Waals surface area contributed by atoms with Crippen molar-refractivity contribution >= 4 is 5.97 Å². The van der Waals surface area contributed by atoms with Gasteiger partial charge in [-0.25, -0.2) is 0 Å². The van der Waals surface area contributed by atoms with Crippen molar-refractivity contribution in [1.82, 2.24) is 10.2 Å². The molecule has 2 aromatic rings. The maximum atomic E-state index is 12.8. The first kappa shape index (κ1) is 32.6. The molecule has 0 spiro atoms. The third-order valence-electron chi connectivity index (χ3n) is 8.53. The van der Waals surface area contributed by atoms with Crippen LogP contribution in [0.5, 0.6) is 11.6 Å². The molecule has 1 aliphatic rings. The average Bonchev–Trinajstić information content (AvgIpc) is 3.01. The van der Waals surface area contributed by atoms with Crippen molar-refractivity contribution in [1.29, 1.82) is 5.26 Å². The van der Waals surface area contributed by atoms with Gasteiger partial charge in [0.1, 0.15) is 5.75 Å². The maximum absolute atomic E-state index is 12.8. The Bertz CT molecular complexity index is 1040. The van der Waals surface area contributed by atoms with Crippen molar-refractivity contribution in [3.8, 4) is 29.0 Å². The van der Waals surface area contributed by atoms with Gasteiger partial charge in [-0.2, -0.15) is 5.26 Å². The van der Waals surface area contributed by atoms with E-state index < -0.39 is 0 Å². The van der Waals surface area contributed by atoms with Crippen LogP contribution >= 0.6 is 0 Å². The minimum Gasteiger partial charge on any atom is -0.494 e. The lowest BCUT2D eigenvalue weighted by Gasteiger charge is -2.34. The van der Waals surface area contributed by atoms with Crippen molar-refractivity contribution in [2.45, 2.75) is 129 Å². The third kappa shape index (κ3) is 11.5. The van der Waals surface area contributed by atoms with Gasteiger partial charge in [-0.05, 0) is 68.9 Å². The lowest BCUT2D eigenvalue weighted by atomic mass is 9.69. The summed E-state index contributed by atoms with van der Waals surface area (Å²) in [7, 11) is 0. The van der Waals surface area contributed by atoms with E-state index in [1.165, 1.54) is 70.6 Å². The highest BCUT2D eigenvalue weighted by Crippen LogP contribution is 2.42. The molecule has 1 heterocycles. The zero-order valence-electron chi connectivity index (χ0n) is 25.5. The van der Waals surface area contributed by atoms with Crippen molar-refractivity contribution < 1.29 is 14.3 Å². The van der Waals surface area contributed by atoms with Crippen LogP contribution in [-0.2, 0) is 4.79 Å². The number of hydrogen-bond donors (Lipinski definition) is 0. The number of carbonyl (C=O) groups excluding carboxylic acids is 1. The molecule has 0 radical (unpaired) electrons. The molecule has 1 aromatic carbocycles. The summed E-state index contributed by atoms with van der Waals surface area (Å²) in [5.74, 6) is 0.632. The Morgan fingerprint density at radius 2 is 1.44 bits per heavy atom. The molecule has 0 amide bonds. The average molecular weight is 562 g/mol. The summed E-state index contributed by atoms with van der Waals surface area (Å²) in [5, 5.41) is 18.3. The van der Waals surface area contributed by atoms with Gasteiger partial charge < -0.3 is 9.47 Å². The summed E-state index contributed by atoms with van der Waals surface area (Å²) < 4.78 is 11.5. The Labute approximate surface area is 248 Å². The standard InChI is InChI=1S/C35H51N3O3/c1-3-5-7-9-10-11-13-15-27-40-31-18-16-29(17-19-31)32-20-21-33(38-37-32)41-34(39)30-22-25-35(28-36,26-23-30)24-14-12-8-6-4-2/h16-21,30H,3-15,22-27H2,1-2H3. The number of aromatic nitrogens is 2. The van der Waals surface area contributed by atoms with Crippen LogP contribution in [0.4, 0.5) is 0 Å². The number of nitriles is 1. The molecule has 1 aromatic heterocycles. The number of benzene rings is 1. The molecule has 224 valence electrons. The van der Waals surface area contributed by atoms with Crippen molar-refractivity contribution in [3.63, 3.8) is 0 Å². The second-order valence-corrected chi connectivity index (χ2v) is 11.9. The zero-order valence-corrected chi connectivity index (χ0v) is 25.5. The fraction of sp³-hybridized carbons (Fsp3) is 0.657. The van der Waals surface area contributed by atoms with Gasteiger partial charge >= 0.3 is 5.97 Å². The molecule has 0 unspecified atom stereocenters. The number of nitrogens with zero attached hydrogens (tertiary/aromatic N) is 3. The van der Waals surface area contributed by atoms with Gasteiger partial charge in [0, 0.05) is 11.6 Å². The zero-order chi connectivity index (χ0) is 29.2. The summed E-state index contributed by atoms with van der Waals surface area (Å²) in [6.07, 6.45) is 20.2. The predicted octanol–water partition coefficient (Wildman–Crippen LogP) is 9.63. The molecular formula is C35H51N3O3. The van der Waals surface area contributed by atoms with E-state index in [1.54, 1.807) is 6.07 Å². The quantitative estimate of drug-likeness (QED) is 0.125. The van der Waals surface area contributed by atoms with E-state index in [4.69, 9.17) is 9.47 Å². The monoisotopic (exact) mass is 561 g/mol. The molecule has 0 bridgehead atoms. The van der Waals surface area contributed by atoms with E-state index in [-0.39, 0.29) is 23.2 Å². The number of hydrogen-bond acceptors (Lipinski definition) is 6. The molecule has 0 aliphatic heterocycles. The lowest BCUT2D eigenvalue weighted by Crippen LogP contribution is -2.31. The van der Waals surface area contributed by atoms with E-state index in [0.717, 1.165) is 55.7 Å². The molecule has 3 rings (SSSR count). The molecule has 0 saturated heterocycles. The van der Waals surface area contributed by atoms with E-state index >= 15 is 0 Å². The van der Waals surface area contributed by atoms with Crippen LogP contribution in [-0.4, -0.2) is 22.8 Å². The molecule has 1 aliphatic carbocycles. The van der Waals surface area contributed by atoms with Crippen LogP contribution in [0.25, 0.3) is 11.3 Å². The van der Waals surface area contributed by atoms with E-state index in [2.05, 4.69) is 30.1 Å². The normalized spacial score (nSPS) is 18.5. The summed E-state index contributed by atoms with van der Waals surface area (Å²) >= 11 is 0. The van der Waals surface area contributed by atoms with Gasteiger partial charge in [-0.15, -0.1) is 10.2 Å². The molecule has 41 heavy (non-hydrogen) atoms. The van der Waals surface area contributed by atoms with Crippen molar-refractivity contribution in [3.05, 3.63) is 36.4 Å². The molecule has 1 saturated carbocycles. The van der Waals surface area contributed by atoms with Crippen LogP contribution < -0.4 is 9.47 Å². The molecule has 1 fully saturated rings. The third-order valence-corrected chi connectivity index (χ3v) is 8.53. The predicted molar refractivity (Wildman–Crippen MR) is 165 cm³/mol. The second-order valence-electron chi connectivity index (χ2n) is 11.9. The van der Waals surface area contributed by atoms with Gasteiger partial charge in [0.05, 0.1) is 29.7 Å². The first-order chi connectivity index (χ1) is 20.1. The molecule has 0 N–H and O–H groups in total. The minimum absolute atomic E-state index is 0.184. The Kier molecular flexibility index (Phi) is 14.7. The fourth-order valence-corrected chi connectivity index (χ4v) is 5.75. The summed E-state index contributed by atoms with van der Waals surface area (Å²) in [6, 6.07) is 14.0. The molecule has 6 heteroatoms. The van der Waals surface area contributed by atoms with Gasteiger partial charge in [0.2, 0.25) is 5.88 Å².